The van der Waals surface area contributed by atoms with Crippen molar-refractivity contribution in [1.82, 2.24) is 5.32 Å². The van der Waals surface area contributed by atoms with Crippen molar-refractivity contribution in [2.24, 2.45) is 0 Å². The highest BCUT2D eigenvalue weighted by Crippen LogP contribution is 2.30. The zero-order chi connectivity index (χ0) is 13.4. The third kappa shape index (κ3) is 2.24. The number of carbonyl (C=O) groups is 2. The highest BCUT2D eigenvalue weighted by Gasteiger charge is 2.32. The average molecular weight is 277 g/mol. The van der Waals surface area contributed by atoms with Crippen molar-refractivity contribution in [3.05, 3.63) is 40.7 Å². The molecule has 0 saturated carbocycles. The molecule has 3 rings (SSSR count). The van der Waals surface area contributed by atoms with Gasteiger partial charge in [0.15, 0.2) is 5.78 Å². The molecule has 1 aliphatic carbocycles. The Kier molecular flexibility index (Phi) is 3.03. The average Bonchev–Trinajstić information content (AvgIpc) is 2.38. The second-order valence-corrected chi connectivity index (χ2v) is 5.15. The van der Waals surface area contributed by atoms with Crippen LogP contribution in [0.4, 0.5) is 5.69 Å². The monoisotopic (exact) mass is 276 g/mol. The Hall–Kier alpha value is -1.81. The Balaban J connectivity index is 2.05. The molecule has 1 aromatic rings. The lowest BCUT2D eigenvalue weighted by Gasteiger charge is -2.34. The Labute approximate surface area is 116 Å². The summed E-state index contributed by atoms with van der Waals surface area (Å²) in [5.74, 6) is 0.0135. The normalized spacial score (nSPS) is 19.3. The Morgan fingerprint density at radius 3 is 2.58 bits per heavy atom. The summed E-state index contributed by atoms with van der Waals surface area (Å²) in [5, 5.41) is 3.45. The lowest BCUT2D eigenvalue weighted by atomic mass is 9.96. The number of halogens is 1. The van der Waals surface area contributed by atoms with Gasteiger partial charge in [0.25, 0.3) is 0 Å². The molecule has 0 unspecified atom stereocenters. The SMILES string of the molecule is O=C1CN(c2ccc(Cl)cc2)C2=C(CCCC2=O)N1. The van der Waals surface area contributed by atoms with Crippen LogP contribution in [0.15, 0.2) is 35.7 Å². The van der Waals surface area contributed by atoms with Crippen molar-refractivity contribution in [3.8, 4) is 0 Å². The van der Waals surface area contributed by atoms with Gasteiger partial charge in [-0.15, -0.1) is 0 Å². The smallest absolute Gasteiger partial charge is 0.244 e. The van der Waals surface area contributed by atoms with Crippen LogP contribution in [0.3, 0.4) is 0 Å². The fraction of sp³-hybridized carbons (Fsp3) is 0.286. The van der Waals surface area contributed by atoms with E-state index in [4.69, 9.17) is 11.6 Å². The van der Waals surface area contributed by atoms with E-state index in [0.717, 1.165) is 24.2 Å². The maximum atomic E-state index is 12.1. The number of Topliss-reactive ketones (excluding diaryl/α,β-unsaturated/α-hetero) is 1. The summed E-state index contributed by atoms with van der Waals surface area (Å²) < 4.78 is 0. The molecule has 1 heterocycles. The van der Waals surface area contributed by atoms with Crippen molar-refractivity contribution >= 4 is 29.0 Å². The standard InChI is InChI=1S/C14H13ClN2O2/c15-9-4-6-10(7-5-9)17-8-13(19)16-11-2-1-3-12(18)14(11)17/h4-7H,1-3,8H2,(H,16,19). The molecule has 1 N–H and O–H groups in total. The minimum atomic E-state index is -0.0802. The Morgan fingerprint density at radius 2 is 1.84 bits per heavy atom. The fourth-order valence-electron chi connectivity index (χ4n) is 2.54. The zero-order valence-electron chi connectivity index (χ0n) is 10.3. The van der Waals surface area contributed by atoms with E-state index in [2.05, 4.69) is 5.32 Å². The fourth-order valence-corrected chi connectivity index (χ4v) is 2.66. The molecule has 1 aliphatic heterocycles. The molecule has 2 aliphatic rings. The molecule has 0 bridgehead atoms. The van der Waals surface area contributed by atoms with Crippen LogP contribution >= 0.6 is 11.6 Å². The van der Waals surface area contributed by atoms with E-state index in [0.29, 0.717) is 17.1 Å². The van der Waals surface area contributed by atoms with E-state index < -0.39 is 0 Å². The number of allylic oxidation sites excluding steroid dienone is 2. The highest BCUT2D eigenvalue weighted by atomic mass is 35.5. The van der Waals surface area contributed by atoms with Gasteiger partial charge in [-0.05, 0) is 37.1 Å². The van der Waals surface area contributed by atoms with E-state index in [1.54, 1.807) is 17.0 Å². The molecule has 4 nitrogen and oxygen atoms in total. The van der Waals surface area contributed by atoms with Gasteiger partial charge in [0.2, 0.25) is 5.91 Å². The number of nitrogens with one attached hydrogen (secondary N) is 1. The van der Waals surface area contributed by atoms with Crippen molar-refractivity contribution in [2.75, 3.05) is 11.4 Å². The molecule has 98 valence electrons. The molecular weight excluding hydrogens is 264 g/mol. The summed E-state index contributed by atoms with van der Waals surface area (Å²) in [5.41, 5.74) is 2.21. The van der Waals surface area contributed by atoms with E-state index in [-0.39, 0.29) is 18.2 Å². The quantitative estimate of drug-likeness (QED) is 0.856. The minimum absolute atomic E-state index is 0.0802. The summed E-state index contributed by atoms with van der Waals surface area (Å²) >= 11 is 5.87. The topological polar surface area (TPSA) is 49.4 Å². The number of hydrogen-bond donors (Lipinski definition) is 1. The summed E-state index contributed by atoms with van der Waals surface area (Å²) in [7, 11) is 0. The molecular formula is C14H13ClN2O2. The molecule has 0 radical (unpaired) electrons. The summed E-state index contributed by atoms with van der Waals surface area (Å²) in [6, 6.07) is 7.18. The van der Waals surface area contributed by atoms with Crippen LogP contribution < -0.4 is 10.2 Å². The molecule has 19 heavy (non-hydrogen) atoms. The van der Waals surface area contributed by atoms with E-state index in [1.807, 2.05) is 12.1 Å². The lowest BCUT2D eigenvalue weighted by molar-refractivity contribution is -0.120. The number of ketones is 1. The first-order chi connectivity index (χ1) is 9.15. The molecule has 0 atom stereocenters. The van der Waals surface area contributed by atoms with Crippen molar-refractivity contribution in [2.45, 2.75) is 19.3 Å². The van der Waals surface area contributed by atoms with Gasteiger partial charge in [-0.3, -0.25) is 9.59 Å². The third-order valence-electron chi connectivity index (χ3n) is 3.38. The highest BCUT2D eigenvalue weighted by molar-refractivity contribution is 6.30. The largest absolute Gasteiger partial charge is 0.328 e. The Bertz CT molecular complexity index is 578. The van der Waals surface area contributed by atoms with Crippen molar-refractivity contribution < 1.29 is 9.59 Å². The first-order valence-electron chi connectivity index (χ1n) is 6.24. The van der Waals surface area contributed by atoms with Gasteiger partial charge in [-0.2, -0.15) is 0 Å². The van der Waals surface area contributed by atoms with Crippen LogP contribution in [0.2, 0.25) is 5.02 Å². The second kappa shape index (κ2) is 4.70. The number of carbonyl (C=O) groups excluding carboxylic acids is 2. The number of anilines is 1. The molecule has 1 aromatic carbocycles. The maximum absolute atomic E-state index is 12.1. The second-order valence-electron chi connectivity index (χ2n) is 4.71. The van der Waals surface area contributed by atoms with Gasteiger partial charge in [-0.25, -0.2) is 0 Å². The summed E-state index contributed by atoms with van der Waals surface area (Å²) in [6.45, 7) is 0.173. The summed E-state index contributed by atoms with van der Waals surface area (Å²) in [4.78, 5) is 25.6. The molecule has 0 aromatic heterocycles. The predicted molar refractivity (Wildman–Crippen MR) is 72.8 cm³/mol. The van der Waals surface area contributed by atoms with Crippen LogP contribution in [-0.2, 0) is 9.59 Å². The molecule has 0 spiro atoms. The zero-order valence-corrected chi connectivity index (χ0v) is 11.0. The molecule has 0 saturated heterocycles. The van der Waals surface area contributed by atoms with E-state index in [1.165, 1.54) is 0 Å². The van der Waals surface area contributed by atoms with Crippen LogP contribution in [0.5, 0.6) is 0 Å². The predicted octanol–water partition coefficient (Wildman–Crippen LogP) is 2.24. The van der Waals surface area contributed by atoms with Crippen LogP contribution in [0, 0.1) is 0 Å². The number of rotatable bonds is 1. The van der Waals surface area contributed by atoms with Crippen LogP contribution in [0.25, 0.3) is 0 Å². The van der Waals surface area contributed by atoms with Crippen LogP contribution in [-0.4, -0.2) is 18.2 Å². The maximum Gasteiger partial charge on any atom is 0.244 e. The number of nitrogens with zero attached hydrogens (tertiary/aromatic N) is 1. The van der Waals surface area contributed by atoms with Gasteiger partial charge in [0, 0.05) is 22.8 Å². The van der Waals surface area contributed by atoms with Crippen molar-refractivity contribution in [3.63, 3.8) is 0 Å². The van der Waals surface area contributed by atoms with Gasteiger partial charge in [0.05, 0.1) is 0 Å². The van der Waals surface area contributed by atoms with Gasteiger partial charge in [-0.1, -0.05) is 11.6 Å². The third-order valence-corrected chi connectivity index (χ3v) is 3.63. The molecule has 0 fully saturated rings. The van der Waals surface area contributed by atoms with E-state index in [9.17, 15) is 9.59 Å². The summed E-state index contributed by atoms with van der Waals surface area (Å²) in [6.07, 6.45) is 2.09. The number of benzene rings is 1. The van der Waals surface area contributed by atoms with Gasteiger partial charge < -0.3 is 10.2 Å². The minimum Gasteiger partial charge on any atom is -0.328 e. The first kappa shape index (κ1) is 12.2. The van der Waals surface area contributed by atoms with E-state index >= 15 is 0 Å². The van der Waals surface area contributed by atoms with Crippen molar-refractivity contribution in [1.29, 1.82) is 0 Å². The molecule has 1 amide bonds. The van der Waals surface area contributed by atoms with Crippen LogP contribution in [0.1, 0.15) is 19.3 Å². The number of hydrogen-bond acceptors (Lipinski definition) is 3. The van der Waals surface area contributed by atoms with Gasteiger partial charge in [0.1, 0.15) is 12.2 Å². The van der Waals surface area contributed by atoms with Gasteiger partial charge >= 0.3 is 0 Å². The molecule has 5 heteroatoms. The first-order valence-corrected chi connectivity index (χ1v) is 6.62. The Morgan fingerprint density at radius 1 is 1.11 bits per heavy atom. The lowest BCUT2D eigenvalue weighted by Crippen LogP contribution is -2.47. The number of amides is 1.